The number of esters is 1. The van der Waals surface area contributed by atoms with Crippen molar-refractivity contribution in [2.24, 2.45) is 0 Å². The molecule has 0 fully saturated rings. The van der Waals surface area contributed by atoms with Crippen LogP contribution >= 0.6 is 23.4 Å². The van der Waals surface area contributed by atoms with Crippen LogP contribution in [0.2, 0.25) is 5.02 Å². The summed E-state index contributed by atoms with van der Waals surface area (Å²) in [7, 11) is 3.18. The summed E-state index contributed by atoms with van der Waals surface area (Å²) in [5.41, 5.74) is 3.58. The van der Waals surface area contributed by atoms with E-state index in [4.69, 9.17) is 35.9 Å². The van der Waals surface area contributed by atoms with E-state index in [1.165, 1.54) is 11.8 Å². The van der Waals surface area contributed by atoms with Gasteiger partial charge >= 0.3 is 5.97 Å². The van der Waals surface area contributed by atoms with E-state index in [0.29, 0.717) is 50.2 Å². The number of aromatic nitrogens is 3. The predicted molar refractivity (Wildman–Crippen MR) is 151 cm³/mol. The molecule has 1 unspecified atom stereocenters. The molecule has 1 aliphatic rings. The Balaban J connectivity index is 1.52. The molecule has 1 aromatic heterocycles. The number of benzene rings is 3. The number of methoxy groups -OCH3 is 2. The van der Waals surface area contributed by atoms with Crippen LogP contribution in [0.3, 0.4) is 0 Å². The highest BCUT2D eigenvalue weighted by Crippen LogP contribution is 2.42. The number of nitrogens with zero attached hydrogens (tertiary/aromatic N) is 3. The van der Waals surface area contributed by atoms with Gasteiger partial charge in [0.2, 0.25) is 11.1 Å². The van der Waals surface area contributed by atoms with Crippen LogP contribution in [0.15, 0.2) is 89.2 Å². The molecule has 200 valence electrons. The zero-order valence-corrected chi connectivity index (χ0v) is 23.3. The van der Waals surface area contributed by atoms with Gasteiger partial charge in [0.05, 0.1) is 19.8 Å². The highest BCUT2D eigenvalue weighted by atomic mass is 35.5. The average Bonchev–Trinajstić information content (AvgIpc) is 3.37. The van der Waals surface area contributed by atoms with Gasteiger partial charge in [-0.2, -0.15) is 4.98 Å². The van der Waals surface area contributed by atoms with E-state index in [-0.39, 0.29) is 6.61 Å². The topological polar surface area (TPSA) is 87.5 Å². The van der Waals surface area contributed by atoms with Gasteiger partial charge in [0.15, 0.2) is 0 Å². The molecule has 0 saturated carbocycles. The molecule has 0 saturated heterocycles. The molecule has 1 N–H and O–H groups in total. The summed E-state index contributed by atoms with van der Waals surface area (Å²) < 4.78 is 18.7. The fraction of sp³-hybridized carbons (Fsp3) is 0.207. The van der Waals surface area contributed by atoms with Crippen molar-refractivity contribution in [3.8, 4) is 11.5 Å². The second-order valence-electron chi connectivity index (χ2n) is 8.78. The third kappa shape index (κ3) is 5.74. The van der Waals surface area contributed by atoms with Gasteiger partial charge in [-0.05, 0) is 42.3 Å². The number of thioether (sulfide) groups is 1. The Hall–Kier alpha value is -3.95. The summed E-state index contributed by atoms with van der Waals surface area (Å²) in [6.45, 7) is 1.97. The molecule has 1 aliphatic heterocycles. The lowest BCUT2D eigenvalue weighted by molar-refractivity contribution is -0.140. The molecule has 8 nitrogen and oxygen atoms in total. The van der Waals surface area contributed by atoms with E-state index in [9.17, 15) is 4.79 Å². The zero-order valence-electron chi connectivity index (χ0n) is 21.7. The predicted octanol–water partition coefficient (Wildman–Crippen LogP) is 6.27. The fourth-order valence-electron chi connectivity index (χ4n) is 4.36. The average molecular weight is 563 g/mol. The quantitative estimate of drug-likeness (QED) is 0.188. The van der Waals surface area contributed by atoms with Gasteiger partial charge in [-0.1, -0.05) is 71.9 Å². The van der Waals surface area contributed by atoms with Gasteiger partial charge in [0, 0.05) is 22.0 Å². The highest BCUT2D eigenvalue weighted by molar-refractivity contribution is 7.98. The Bertz CT molecular complexity index is 1520. The summed E-state index contributed by atoms with van der Waals surface area (Å²) in [4.78, 5) is 18.3. The van der Waals surface area contributed by atoms with E-state index < -0.39 is 12.0 Å². The minimum atomic E-state index is -0.670. The van der Waals surface area contributed by atoms with Gasteiger partial charge in [-0.25, -0.2) is 9.48 Å². The molecule has 0 spiro atoms. The maximum absolute atomic E-state index is 13.6. The lowest BCUT2D eigenvalue weighted by Gasteiger charge is -2.29. The summed E-state index contributed by atoms with van der Waals surface area (Å²) in [6.07, 6.45) is 0. The molecule has 39 heavy (non-hydrogen) atoms. The number of anilines is 1. The Morgan fingerprint density at radius 1 is 1.05 bits per heavy atom. The number of rotatable bonds is 9. The van der Waals surface area contributed by atoms with Crippen LogP contribution in [0.5, 0.6) is 11.5 Å². The van der Waals surface area contributed by atoms with Crippen molar-refractivity contribution in [1.82, 2.24) is 14.8 Å². The Labute approximate surface area is 235 Å². The molecular weight excluding hydrogens is 536 g/mol. The summed E-state index contributed by atoms with van der Waals surface area (Å²) in [5.74, 6) is 1.83. The number of hydrogen-bond acceptors (Lipinski definition) is 8. The Kier molecular flexibility index (Phi) is 8.09. The second-order valence-corrected chi connectivity index (χ2v) is 10.1. The van der Waals surface area contributed by atoms with Gasteiger partial charge in [0.1, 0.15) is 24.1 Å². The third-order valence-corrected chi connectivity index (χ3v) is 7.57. The maximum Gasteiger partial charge on any atom is 0.338 e. The molecule has 0 bridgehead atoms. The van der Waals surface area contributed by atoms with E-state index in [1.807, 2.05) is 73.7 Å². The van der Waals surface area contributed by atoms with Gasteiger partial charge in [-0.15, -0.1) is 5.10 Å². The van der Waals surface area contributed by atoms with Crippen LogP contribution in [-0.2, 0) is 21.9 Å². The number of hydrogen-bond donors (Lipinski definition) is 1. The van der Waals surface area contributed by atoms with Crippen LogP contribution in [0.1, 0.15) is 29.7 Å². The normalized spacial score (nSPS) is 14.4. The lowest BCUT2D eigenvalue weighted by atomic mass is 9.94. The Morgan fingerprint density at radius 3 is 2.56 bits per heavy atom. The third-order valence-electron chi connectivity index (χ3n) is 6.31. The number of ether oxygens (including phenoxy) is 3. The number of carbonyl (C=O) groups excluding carboxylic acids is 1. The Morgan fingerprint density at radius 2 is 1.82 bits per heavy atom. The van der Waals surface area contributed by atoms with Crippen molar-refractivity contribution in [2.75, 3.05) is 19.5 Å². The first-order valence-electron chi connectivity index (χ1n) is 12.2. The van der Waals surface area contributed by atoms with Crippen LogP contribution in [-0.4, -0.2) is 35.0 Å². The van der Waals surface area contributed by atoms with Crippen molar-refractivity contribution in [3.63, 3.8) is 0 Å². The largest absolute Gasteiger partial charge is 0.497 e. The smallest absolute Gasteiger partial charge is 0.338 e. The molecule has 0 radical (unpaired) electrons. The fourth-order valence-corrected chi connectivity index (χ4v) is 5.47. The van der Waals surface area contributed by atoms with Crippen LogP contribution in [0.25, 0.3) is 0 Å². The molecule has 3 aromatic carbocycles. The minimum Gasteiger partial charge on any atom is -0.497 e. The summed E-state index contributed by atoms with van der Waals surface area (Å²) in [5, 5.41) is 9.26. The standard InChI is InChI=1S/C29H27ClN4O4S/c1-18-25(27(35)38-16-19-9-5-4-6-10-19)26(22-15-21(36-2)13-14-24(22)37-3)34-28(31-18)32-29(33-34)39-17-20-11-7-8-12-23(20)30/h4-15,26H,16-17H2,1-3H3,(H,31,32,33). The van der Waals surface area contributed by atoms with E-state index in [0.717, 1.165) is 11.1 Å². The lowest BCUT2D eigenvalue weighted by Crippen LogP contribution is -2.30. The minimum absolute atomic E-state index is 0.140. The van der Waals surface area contributed by atoms with E-state index in [2.05, 4.69) is 5.32 Å². The van der Waals surface area contributed by atoms with Crippen LogP contribution in [0, 0.1) is 0 Å². The summed E-state index contributed by atoms with van der Waals surface area (Å²) in [6, 6.07) is 22.0. The second kappa shape index (κ2) is 11.8. The molecule has 4 aromatic rings. The number of halogens is 1. The number of fused-ring (bicyclic) bond motifs is 1. The zero-order chi connectivity index (χ0) is 27.4. The first-order valence-corrected chi connectivity index (χ1v) is 13.6. The van der Waals surface area contributed by atoms with Crippen molar-refractivity contribution in [3.05, 3.63) is 106 Å². The molecule has 5 rings (SSSR count). The molecule has 10 heteroatoms. The number of allylic oxidation sites excluding steroid dienone is 1. The van der Waals surface area contributed by atoms with Crippen molar-refractivity contribution in [1.29, 1.82) is 0 Å². The first-order chi connectivity index (χ1) is 19.0. The molecular formula is C29H27ClN4O4S. The number of nitrogens with one attached hydrogen (secondary N) is 1. The maximum atomic E-state index is 13.6. The van der Waals surface area contributed by atoms with Crippen LogP contribution in [0.4, 0.5) is 5.95 Å². The SMILES string of the molecule is COc1ccc(OC)c(C2C(C(=O)OCc3ccccc3)=C(C)Nc3nc(SCc4ccccc4Cl)nn32)c1. The highest BCUT2D eigenvalue weighted by Gasteiger charge is 2.37. The molecule has 2 heterocycles. The summed E-state index contributed by atoms with van der Waals surface area (Å²) >= 11 is 7.80. The van der Waals surface area contributed by atoms with Gasteiger partial charge in [0.25, 0.3) is 0 Å². The van der Waals surface area contributed by atoms with Crippen molar-refractivity contribution >= 4 is 35.3 Å². The van der Waals surface area contributed by atoms with Crippen LogP contribution < -0.4 is 14.8 Å². The number of carbonyl (C=O) groups is 1. The van der Waals surface area contributed by atoms with Crippen molar-refractivity contribution in [2.45, 2.75) is 30.5 Å². The molecule has 1 atom stereocenters. The van der Waals surface area contributed by atoms with E-state index >= 15 is 0 Å². The van der Waals surface area contributed by atoms with Crippen molar-refractivity contribution < 1.29 is 19.0 Å². The first kappa shape index (κ1) is 26.6. The monoisotopic (exact) mass is 562 g/mol. The molecule has 0 amide bonds. The van der Waals surface area contributed by atoms with E-state index in [1.54, 1.807) is 25.0 Å². The van der Waals surface area contributed by atoms with Gasteiger partial charge < -0.3 is 19.5 Å². The van der Waals surface area contributed by atoms with Gasteiger partial charge in [-0.3, -0.25) is 0 Å². The molecule has 0 aliphatic carbocycles.